The fourth-order valence-electron chi connectivity index (χ4n) is 1.94. The van der Waals surface area contributed by atoms with Crippen LogP contribution in [0.15, 0.2) is 53.6 Å². The zero-order valence-electron chi connectivity index (χ0n) is 12.5. The summed E-state index contributed by atoms with van der Waals surface area (Å²) in [5.74, 6) is 0. The number of hydrogen-bond donors (Lipinski definition) is 2. The van der Waals surface area contributed by atoms with Crippen LogP contribution < -0.4 is 10.7 Å². The summed E-state index contributed by atoms with van der Waals surface area (Å²) in [6.07, 6.45) is -4.48. The van der Waals surface area contributed by atoms with Gasteiger partial charge in [0.05, 0.1) is 17.0 Å². The Kier molecular flexibility index (Phi) is 5.80. The van der Waals surface area contributed by atoms with E-state index in [2.05, 4.69) is 15.8 Å². The summed E-state index contributed by atoms with van der Waals surface area (Å²) in [6, 6.07) is 12.1. The topological polar surface area (TPSA) is 36.4 Å². The third-order valence-electron chi connectivity index (χ3n) is 3.07. The van der Waals surface area contributed by atoms with Gasteiger partial charge in [-0.1, -0.05) is 41.9 Å². The van der Waals surface area contributed by atoms with Gasteiger partial charge in [-0.15, -0.1) is 0 Å². The fraction of sp³-hybridized carbons (Fsp3) is 0.125. The minimum absolute atomic E-state index is 0.0573. The monoisotopic (exact) mass is 371 g/mol. The molecular formula is C16H13ClF3N3S. The average molecular weight is 372 g/mol. The number of alkyl halides is 3. The Bertz CT molecular complexity index is 775. The molecule has 24 heavy (non-hydrogen) atoms. The standard InChI is InChI=1S/C16H13ClF3N3S/c1-10(11-6-2-4-8-13(11)17)22-23-15(24)21-14-9-5-3-7-12(14)16(18,19)20/h2-9H,1H3,(H2,21,23,24)/b22-10+. The van der Waals surface area contributed by atoms with Crippen LogP contribution in [0, 0.1) is 0 Å². The number of benzene rings is 2. The molecule has 0 aliphatic carbocycles. The lowest BCUT2D eigenvalue weighted by molar-refractivity contribution is -0.136. The number of nitrogens with zero attached hydrogens (tertiary/aromatic N) is 1. The number of anilines is 1. The van der Waals surface area contributed by atoms with Crippen molar-refractivity contribution in [2.24, 2.45) is 5.10 Å². The molecule has 2 aromatic rings. The predicted molar refractivity (Wildman–Crippen MR) is 94.5 cm³/mol. The van der Waals surface area contributed by atoms with E-state index < -0.39 is 11.7 Å². The largest absolute Gasteiger partial charge is 0.418 e. The summed E-state index contributed by atoms with van der Waals surface area (Å²) in [7, 11) is 0. The Morgan fingerprint density at radius 1 is 1.08 bits per heavy atom. The van der Waals surface area contributed by atoms with Gasteiger partial charge in [-0.3, -0.25) is 5.43 Å². The molecule has 0 bridgehead atoms. The van der Waals surface area contributed by atoms with Crippen LogP contribution in [0.5, 0.6) is 0 Å². The van der Waals surface area contributed by atoms with E-state index in [4.69, 9.17) is 23.8 Å². The highest BCUT2D eigenvalue weighted by Gasteiger charge is 2.33. The van der Waals surface area contributed by atoms with Crippen molar-refractivity contribution >= 4 is 40.3 Å². The van der Waals surface area contributed by atoms with E-state index in [0.717, 1.165) is 6.07 Å². The van der Waals surface area contributed by atoms with E-state index in [1.165, 1.54) is 18.2 Å². The minimum atomic E-state index is -4.48. The van der Waals surface area contributed by atoms with Gasteiger partial charge in [0, 0.05) is 10.6 Å². The van der Waals surface area contributed by atoms with Crippen LogP contribution in [0.25, 0.3) is 0 Å². The van der Waals surface area contributed by atoms with Crippen molar-refractivity contribution in [2.75, 3.05) is 5.32 Å². The summed E-state index contributed by atoms with van der Waals surface area (Å²) >= 11 is 11.0. The van der Waals surface area contributed by atoms with Crippen molar-refractivity contribution in [1.29, 1.82) is 0 Å². The number of para-hydroxylation sites is 1. The van der Waals surface area contributed by atoms with Crippen molar-refractivity contribution in [3.8, 4) is 0 Å². The van der Waals surface area contributed by atoms with E-state index >= 15 is 0 Å². The van der Waals surface area contributed by atoms with Crippen LogP contribution in [-0.2, 0) is 6.18 Å². The van der Waals surface area contributed by atoms with Gasteiger partial charge < -0.3 is 5.32 Å². The summed E-state index contributed by atoms with van der Waals surface area (Å²) in [6.45, 7) is 1.71. The van der Waals surface area contributed by atoms with Gasteiger partial charge in [-0.2, -0.15) is 18.3 Å². The van der Waals surface area contributed by atoms with Crippen LogP contribution in [-0.4, -0.2) is 10.8 Å². The zero-order valence-corrected chi connectivity index (χ0v) is 14.1. The van der Waals surface area contributed by atoms with Crippen LogP contribution in [0.4, 0.5) is 18.9 Å². The highest BCUT2D eigenvalue weighted by molar-refractivity contribution is 7.80. The van der Waals surface area contributed by atoms with Crippen LogP contribution in [0.1, 0.15) is 18.1 Å². The molecule has 3 nitrogen and oxygen atoms in total. The molecule has 0 fully saturated rings. The maximum absolute atomic E-state index is 12.9. The molecule has 2 aromatic carbocycles. The first-order valence-corrected chi connectivity index (χ1v) is 7.60. The molecule has 0 unspecified atom stereocenters. The molecule has 2 N–H and O–H groups in total. The highest BCUT2D eigenvalue weighted by Crippen LogP contribution is 2.34. The molecule has 2 rings (SSSR count). The third kappa shape index (κ3) is 4.69. The minimum Gasteiger partial charge on any atom is -0.331 e. The van der Waals surface area contributed by atoms with Crippen molar-refractivity contribution in [1.82, 2.24) is 5.43 Å². The second-order valence-electron chi connectivity index (χ2n) is 4.79. The first kappa shape index (κ1) is 18.2. The summed E-state index contributed by atoms with van der Waals surface area (Å²) in [5.41, 5.74) is 2.82. The first-order chi connectivity index (χ1) is 11.3. The lowest BCUT2D eigenvalue weighted by Crippen LogP contribution is -2.26. The number of hydrogen-bond acceptors (Lipinski definition) is 2. The maximum atomic E-state index is 12.9. The fourth-order valence-corrected chi connectivity index (χ4v) is 2.37. The summed E-state index contributed by atoms with van der Waals surface area (Å²) < 4.78 is 38.8. The normalized spacial score (nSPS) is 12.0. The van der Waals surface area contributed by atoms with Gasteiger partial charge >= 0.3 is 6.18 Å². The molecule has 8 heteroatoms. The van der Waals surface area contributed by atoms with E-state index in [1.54, 1.807) is 31.2 Å². The smallest absolute Gasteiger partial charge is 0.331 e. The third-order valence-corrected chi connectivity index (χ3v) is 3.59. The number of hydrazone groups is 1. The Balaban J connectivity index is 2.10. The second kappa shape index (κ2) is 7.63. The van der Waals surface area contributed by atoms with Gasteiger partial charge in [0.2, 0.25) is 0 Å². The molecule has 0 spiro atoms. The second-order valence-corrected chi connectivity index (χ2v) is 5.60. The highest BCUT2D eigenvalue weighted by atomic mass is 35.5. The van der Waals surface area contributed by atoms with Crippen molar-refractivity contribution in [3.63, 3.8) is 0 Å². The van der Waals surface area contributed by atoms with Gasteiger partial charge in [0.1, 0.15) is 0 Å². The van der Waals surface area contributed by atoms with E-state index in [0.29, 0.717) is 16.3 Å². The lowest BCUT2D eigenvalue weighted by Gasteiger charge is -2.14. The number of nitrogens with one attached hydrogen (secondary N) is 2. The maximum Gasteiger partial charge on any atom is 0.418 e. The zero-order chi connectivity index (χ0) is 17.7. The van der Waals surface area contributed by atoms with Crippen molar-refractivity contribution in [3.05, 3.63) is 64.7 Å². The van der Waals surface area contributed by atoms with Crippen molar-refractivity contribution < 1.29 is 13.2 Å². The van der Waals surface area contributed by atoms with E-state index in [-0.39, 0.29) is 10.8 Å². The summed E-state index contributed by atoms with van der Waals surface area (Å²) in [5, 5.41) is 7.00. The molecule has 126 valence electrons. The molecule has 0 aliphatic rings. The quantitative estimate of drug-likeness (QED) is 0.449. The van der Waals surface area contributed by atoms with Crippen LogP contribution >= 0.6 is 23.8 Å². The number of thiocarbonyl (C=S) groups is 1. The molecule has 0 amide bonds. The summed E-state index contributed by atoms with van der Waals surface area (Å²) in [4.78, 5) is 0. The number of rotatable bonds is 3. The van der Waals surface area contributed by atoms with Crippen LogP contribution in [0.3, 0.4) is 0 Å². The Morgan fingerprint density at radius 3 is 2.38 bits per heavy atom. The molecule has 0 saturated carbocycles. The molecule has 0 atom stereocenters. The molecule has 0 radical (unpaired) electrons. The van der Waals surface area contributed by atoms with E-state index in [1.807, 2.05) is 0 Å². The van der Waals surface area contributed by atoms with Gasteiger partial charge in [0.15, 0.2) is 5.11 Å². The van der Waals surface area contributed by atoms with Crippen molar-refractivity contribution in [2.45, 2.75) is 13.1 Å². The molecule has 0 aliphatic heterocycles. The number of halogens is 4. The van der Waals surface area contributed by atoms with Gasteiger partial charge in [-0.25, -0.2) is 0 Å². The Morgan fingerprint density at radius 2 is 1.71 bits per heavy atom. The first-order valence-electron chi connectivity index (χ1n) is 6.81. The molecule has 0 aromatic heterocycles. The van der Waals surface area contributed by atoms with E-state index in [9.17, 15) is 13.2 Å². The van der Waals surface area contributed by atoms with Gasteiger partial charge in [0.25, 0.3) is 0 Å². The Hall–Kier alpha value is -2.12. The molecular weight excluding hydrogens is 359 g/mol. The molecule has 0 saturated heterocycles. The van der Waals surface area contributed by atoms with Gasteiger partial charge in [-0.05, 0) is 37.3 Å². The van der Waals surface area contributed by atoms with Crippen LogP contribution in [0.2, 0.25) is 5.02 Å². The SMILES string of the molecule is C/C(=N\NC(=S)Nc1ccccc1C(F)(F)F)c1ccccc1Cl. The Labute approximate surface area is 147 Å². The predicted octanol–water partition coefficient (Wildman–Crippen LogP) is 5.07. The molecule has 0 heterocycles. The average Bonchev–Trinajstić information content (AvgIpc) is 2.52. The lowest BCUT2D eigenvalue weighted by atomic mass is 10.1.